The first kappa shape index (κ1) is 13.5. The van der Waals surface area contributed by atoms with Gasteiger partial charge in [0.2, 0.25) is 0 Å². The summed E-state index contributed by atoms with van der Waals surface area (Å²) < 4.78 is 15.1. The van der Waals surface area contributed by atoms with Crippen LogP contribution in [0.25, 0.3) is 0 Å². The summed E-state index contributed by atoms with van der Waals surface area (Å²) in [6, 6.07) is 0. The predicted octanol–water partition coefficient (Wildman–Crippen LogP) is 1.77. The molecule has 0 aromatic rings. The van der Waals surface area contributed by atoms with Gasteiger partial charge in [-0.2, -0.15) is 0 Å². The van der Waals surface area contributed by atoms with Crippen LogP contribution in [0, 0.1) is 5.41 Å². The van der Waals surface area contributed by atoms with E-state index in [1.807, 2.05) is 6.92 Å². The van der Waals surface area contributed by atoms with Crippen molar-refractivity contribution in [2.24, 2.45) is 5.41 Å². The molecule has 17 heavy (non-hydrogen) atoms. The van der Waals surface area contributed by atoms with Crippen LogP contribution in [0.15, 0.2) is 12.3 Å². The molecule has 5 nitrogen and oxygen atoms in total. The molecule has 0 unspecified atom stereocenters. The summed E-state index contributed by atoms with van der Waals surface area (Å²) in [7, 11) is 0. The highest BCUT2D eigenvalue weighted by molar-refractivity contribution is 6.01. The predicted molar refractivity (Wildman–Crippen MR) is 59.8 cm³/mol. The third-order valence-corrected chi connectivity index (χ3v) is 2.46. The van der Waals surface area contributed by atoms with E-state index in [0.29, 0.717) is 6.61 Å². The normalized spacial score (nSPS) is 22.1. The maximum absolute atomic E-state index is 11.8. The van der Waals surface area contributed by atoms with Gasteiger partial charge in [0.25, 0.3) is 5.79 Å². The highest BCUT2D eigenvalue weighted by Gasteiger charge is 2.52. The number of esters is 2. The topological polar surface area (TPSA) is 61.8 Å². The number of carbonyl (C=O) groups excluding carboxylic acids is 2. The summed E-state index contributed by atoms with van der Waals surface area (Å²) >= 11 is 0. The van der Waals surface area contributed by atoms with Crippen LogP contribution in [0.4, 0.5) is 0 Å². The maximum Gasteiger partial charge on any atom is 0.326 e. The summed E-state index contributed by atoms with van der Waals surface area (Å²) in [4.78, 5) is 23.6. The highest BCUT2D eigenvalue weighted by atomic mass is 16.7. The molecule has 5 heteroatoms. The van der Waals surface area contributed by atoms with Crippen molar-refractivity contribution >= 4 is 11.9 Å². The van der Waals surface area contributed by atoms with Gasteiger partial charge in [0, 0.05) is 13.8 Å². The van der Waals surface area contributed by atoms with E-state index in [9.17, 15) is 9.59 Å². The van der Waals surface area contributed by atoms with Crippen molar-refractivity contribution in [3.05, 3.63) is 12.3 Å². The van der Waals surface area contributed by atoms with Crippen LogP contribution in [0.2, 0.25) is 0 Å². The van der Waals surface area contributed by atoms with E-state index in [1.54, 1.807) is 6.08 Å². The first-order valence-electron chi connectivity index (χ1n) is 5.55. The average Bonchev–Trinajstić information content (AvgIpc) is 2.20. The number of hydrogen-bond acceptors (Lipinski definition) is 5. The van der Waals surface area contributed by atoms with Crippen molar-refractivity contribution in [3.8, 4) is 0 Å². The summed E-state index contributed by atoms with van der Waals surface area (Å²) in [5.74, 6) is -2.32. The molecule has 0 N–H and O–H groups in total. The van der Waals surface area contributed by atoms with Gasteiger partial charge < -0.3 is 14.2 Å². The molecule has 0 radical (unpaired) electrons. The summed E-state index contributed by atoms with van der Waals surface area (Å²) in [5.41, 5.74) is -1.29. The molecule has 1 fully saturated rings. The Hall–Kier alpha value is -1.52. The molecule has 0 aliphatic carbocycles. The van der Waals surface area contributed by atoms with E-state index in [1.165, 1.54) is 27.0 Å². The van der Waals surface area contributed by atoms with Gasteiger partial charge in [-0.3, -0.25) is 9.59 Å². The molecule has 0 aromatic heterocycles. The molecule has 1 aliphatic rings. The molecule has 0 aromatic carbocycles. The molecular formula is C12H18O5. The van der Waals surface area contributed by atoms with Crippen molar-refractivity contribution in [3.63, 3.8) is 0 Å². The largest absolute Gasteiger partial charge is 0.502 e. The fourth-order valence-electron chi connectivity index (χ4n) is 1.39. The monoisotopic (exact) mass is 242 g/mol. The van der Waals surface area contributed by atoms with Crippen molar-refractivity contribution in [1.29, 1.82) is 0 Å². The standard InChI is InChI=1S/C12H18O5/c1-5-15-8-6-7-12(4)9(13)16-11(2,3)17-10(12)14/h6,8H,5,7H2,1-4H3/b8-6+. The molecular weight excluding hydrogens is 224 g/mol. The number of rotatable bonds is 4. The Bertz CT molecular complexity index is 323. The first-order chi connectivity index (χ1) is 7.82. The highest BCUT2D eigenvalue weighted by Crippen LogP contribution is 2.34. The van der Waals surface area contributed by atoms with Crippen molar-refractivity contribution in [2.75, 3.05) is 6.61 Å². The lowest BCUT2D eigenvalue weighted by Crippen LogP contribution is -2.52. The van der Waals surface area contributed by atoms with Gasteiger partial charge in [-0.1, -0.05) is 0 Å². The summed E-state index contributed by atoms with van der Waals surface area (Å²) in [6.45, 7) is 6.94. The second-order valence-corrected chi connectivity index (χ2v) is 4.54. The van der Waals surface area contributed by atoms with Gasteiger partial charge >= 0.3 is 11.9 Å². The minimum absolute atomic E-state index is 0.195. The molecule has 1 saturated heterocycles. The zero-order valence-electron chi connectivity index (χ0n) is 10.6. The Kier molecular flexibility index (Phi) is 3.80. The number of allylic oxidation sites excluding steroid dienone is 1. The lowest BCUT2D eigenvalue weighted by Gasteiger charge is -2.37. The molecule has 1 rings (SSSR count). The fraction of sp³-hybridized carbons (Fsp3) is 0.667. The number of ether oxygens (including phenoxy) is 3. The molecule has 1 heterocycles. The SMILES string of the molecule is CCO/C=C/CC1(C)C(=O)OC(C)(C)OC1=O. The molecule has 0 spiro atoms. The van der Waals surface area contributed by atoms with E-state index in [-0.39, 0.29) is 6.42 Å². The summed E-state index contributed by atoms with van der Waals surface area (Å²) in [5, 5.41) is 0. The second kappa shape index (κ2) is 4.77. The average molecular weight is 242 g/mol. The van der Waals surface area contributed by atoms with Gasteiger partial charge in [-0.25, -0.2) is 0 Å². The van der Waals surface area contributed by atoms with Gasteiger partial charge in [0.1, 0.15) is 0 Å². The van der Waals surface area contributed by atoms with Crippen molar-refractivity contribution < 1.29 is 23.8 Å². The maximum atomic E-state index is 11.8. The second-order valence-electron chi connectivity index (χ2n) is 4.54. The Morgan fingerprint density at radius 3 is 2.18 bits per heavy atom. The number of cyclic esters (lactones) is 2. The Labute approximate surface area is 101 Å². The molecule has 0 atom stereocenters. The van der Waals surface area contributed by atoms with Gasteiger partial charge in [0.15, 0.2) is 5.41 Å². The van der Waals surface area contributed by atoms with E-state index in [0.717, 1.165) is 0 Å². The van der Waals surface area contributed by atoms with Crippen LogP contribution in [0.5, 0.6) is 0 Å². The van der Waals surface area contributed by atoms with Crippen molar-refractivity contribution in [1.82, 2.24) is 0 Å². The lowest BCUT2D eigenvalue weighted by atomic mass is 9.86. The van der Waals surface area contributed by atoms with Crippen LogP contribution in [0.3, 0.4) is 0 Å². The Morgan fingerprint density at radius 1 is 1.18 bits per heavy atom. The molecule has 1 aliphatic heterocycles. The van der Waals surface area contributed by atoms with E-state index in [4.69, 9.17) is 14.2 Å². The molecule has 0 amide bonds. The van der Waals surface area contributed by atoms with Crippen LogP contribution in [0.1, 0.15) is 34.1 Å². The quantitative estimate of drug-likeness (QED) is 0.427. The fourth-order valence-corrected chi connectivity index (χ4v) is 1.39. The first-order valence-corrected chi connectivity index (χ1v) is 5.55. The zero-order chi connectivity index (χ0) is 13.1. The van der Waals surface area contributed by atoms with Gasteiger partial charge in [-0.05, 0) is 26.3 Å². The van der Waals surface area contributed by atoms with Gasteiger partial charge in [0.05, 0.1) is 12.9 Å². The minimum atomic E-state index is -1.29. The van der Waals surface area contributed by atoms with E-state index >= 15 is 0 Å². The molecule has 96 valence electrons. The third kappa shape index (κ3) is 2.99. The van der Waals surface area contributed by atoms with Gasteiger partial charge in [-0.15, -0.1) is 0 Å². The van der Waals surface area contributed by atoms with Crippen LogP contribution < -0.4 is 0 Å². The minimum Gasteiger partial charge on any atom is -0.502 e. The Balaban J connectivity index is 2.74. The van der Waals surface area contributed by atoms with E-state index < -0.39 is 23.1 Å². The number of carbonyl (C=O) groups is 2. The smallest absolute Gasteiger partial charge is 0.326 e. The van der Waals surface area contributed by atoms with Crippen molar-refractivity contribution in [2.45, 2.75) is 39.9 Å². The number of hydrogen-bond donors (Lipinski definition) is 0. The van der Waals surface area contributed by atoms with Crippen LogP contribution in [-0.2, 0) is 23.8 Å². The summed E-state index contributed by atoms with van der Waals surface area (Å²) in [6.07, 6.45) is 3.27. The third-order valence-electron chi connectivity index (χ3n) is 2.46. The van der Waals surface area contributed by atoms with E-state index in [2.05, 4.69) is 0 Å². The van der Waals surface area contributed by atoms with Crippen LogP contribution in [-0.4, -0.2) is 24.3 Å². The molecule has 0 saturated carbocycles. The molecule has 0 bridgehead atoms. The Morgan fingerprint density at radius 2 is 1.71 bits per heavy atom. The zero-order valence-corrected chi connectivity index (χ0v) is 10.6. The lowest BCUT2D eigenvalue weighted by molar-refractivity contribution is -0.249. The van der Waals surface area contributed by atoms with Crippen LogP contribution >= 0.6 is 0 Å².